The third kappa shape index (κ3) is 2.20. The molecule has 0 amide bonds. The van der Waals surface area contributed by atoms with Crippen molar-refractivity contribution in [3.05, 3.63) is 64.7 Å². The lowest BCUT2D eigenvalue weighted by molar-refractivity contribution is -0.142. The number of aliphatic imine (C=N–C) groups is 1. The molecular formula is C19H17ClFNO2. The van der Waals surface area contributed by atoms with E-state index in [-0.39, 0.29) is 6.54 Å². The molecule has 2 aromatic rings. The van der Waals surface area contributed by atoms with E-state index in [0.29, 0.717) is 22.2 Å². The second-order valence-electron chi connectivity index (χ2n) is 6.64. The second kappa shape index (κ2) is 5.21. The molecule has 5 heteroatoms. The Balaban J connectivity index is 1.83. The molecule has 3 nitrogen and oxygen atoms in total. The summed E-state index contributed by atoms with van der Waals surface area (Å²) < 4.78 is 27.8. The molecule has 0 aliphatic carbocycles. The zero-order valence-electron chi connectivity index (χ0n) is 13.4. The number of benzene rings is 2. The van der Waals surface area contributed by atoms with Gasteiger partial charge in [0.2, 0.25) is 11.6 Å². The summed E-state index contributed by atoms with van der Waals surface area (Å²) in [6.45, 7) is 3.43. The fourth-order valence-corrected chi connectivity index (χ4v) is 3.43. The van der Waals surface area contributed by atoms with Crippen LogP contribution >= 0.6 is 11.6 Å². The lowest BCUT2D eigenvalue weighted by atomic mass is 9.76. The van der Waals surface area contributed by atoms with Gasteiger partial charge in [-0.2, -0.15) is 0 Å². The topological polar surface area (TPSA) is 30.8 Å². The standard InChI is InChI=1S/C19H17ClFNO2/c1-18(2)19(21)11-22-17(12-6-4-3-5-7-12)23-16(19)14-10-13(20)8-9-15(14)24-18/h3-10,16H,11H2,1-2H3/t16-,19+/m1/s1. The van der Waals surface area contributed by atoms with E-state index < -0.39 is 17.4 Å². The maximum atomic E-state index is 15.9. The van der Waals surface area contributed by atoms with Crippen LogP contribution in [0.3, 0.4) is 0 Å². The Hall–Kier alpha value is -2.07. The van der Waals surface area contributed by atoms with Crippen LogP contribution in [0.1, 0.15) is 31.1 Å². The number of nitrogens with zero attached hydrogens (tertiary/aromatic N) is 1. The average Bonchev–Trinajstić information content (AvgIpc) is 2.57. The molecular weight excluding hydrogens is 329 g/mol. The number of rotatable bonds is 1. The molecule has 4 rings (SSSR count). The fourth-order valence-electron chi connectivity index (χ4n) is 3.25. The summed E-state index contributed by atoms with van der Waals surface area (Å²) in [5, 5.41) is 0.520. The molecule has 0 N–H and O–H groups in total. The lowest BCUT2D eigenvalue weighted by Gasteiger charge is -2.49. The molecule has 2 aliphatic rings. The van der Waals surface area contributed by atoms with Gasteiger partial charge in [0.05, 0.1) is 6.54 Å². The van der Waals surface area contributed by atoms with Crippen LogP contribution in [0.2, 0.25) is 5.02 Å². The number of alkyl halides is 1. The molecule has 2 aromatic carbocycles. The fraction of sp³-hybridized carbons (Fsp3) is 0.316. The van der Waals surface area contributed by atoms with Gasteiger partial charge in [-0.25, -0.2) is 9.38 Å². The van der Waals surface area contributed by atoms with Crippen molar-refractivity contribution in [1.82, 2.24) is 0 Å². The van der Waals surface area contributed by atoms with Gasteiger partial charge in [-0.05, 0) is 44.2 Å². The van der Waals surface area contributed by atoms with Gasteiger partial charge in [0.15, 0.2) is 6.10 Å². The molecule has 0 aromatic heterocycles. The molecule has 2 aliphatic heterocycles. The minimum absolute atomic E-state index is 0.0269. The summed E-state index contributed by atoms with van der Waals surface area (Å²) in [6.07, 6.45) is -0.817. The van der Waals surface area contributed by atoms with Crippen LogP contribution < -0.4 is 4.74 Å². The SMILES string of the molecule is CC1(C)Oc2ccc(Cl)cc2[C@H]2OC(c3ccccc3)=NC[C@]21F. The van der Waals surface area contributed by atoms with Crippen molar-refractivity contribution >= 4 is 17.5 Å². The highest BCUT2D eigenvalue weighted by atomic mass is 35.5. The van der Waals surface area contributed by atoms with Gasteiger partial charge in [-0.1, -0.05) is 29.8 Å². The summed E-state index contributed by atoms with van der Waals surface area (Å²) >= 11 is 6.11. The first-order chi connectivity index (χ1) is 11.4. The molecule has 0 saturated carbocycles. The molecule has 2 heterocycles. The molecule has 0 spiro atoms. The monoisotopic (exact) mass is 345 g/mol. The molecule has 0 unspecified atom stereocenters. The Morgan fingerprint density at radius 3 is 2.67 bits per heavy atom. The number of fused-ring (bicyclic) bond motifs is 3. The summed E-state index contributed by atoms with van der Waals surface area (Å²) in [5.74, 6) is 1.04. The number of ether oxygens (including phenoxy) is 2. The average molecular weight is 346 g/mol. The highest BCUT2D eigenvalue weighted by Crippen LogP contribution is 2.52. The van der Waals surface area contributed by atoms with Crippen LogP contribution in [0.25, 0.3) is 0 Å². The molecule has 0 bridgehead atoms. The van der Waals surface area contributed by atoms with E-state index in [2.05, 4.69) is 4.99 Å². The molecule has 2 atom stereocenters. The Bertz CT molecular complexity index is 821. The predicted octanol–water partition coefficient (Wildman–Crippen LogP) is 4.74. The van der Waals surface area contributed by atoms with Crippen LogP contribution in [-0.4, -0.2) is 23.7 Å². The van der Waals surface area contributed by atoms with Gasteiger partial charge in [0.25, 0.3) is 0 Å². The van der Waals surface area contributed by atoms with Crippen LogP contribution in [0.4, 0.5) is 4.39 Å². The van der Waals surface area contributed by atoms with Crippen LogP contribution in [0.5, 0.6) is 5.75 Å². The molecule has 24 heavy (non-hydrogen) atoms. The van der Waals surface area contributed by atoms with E-state index in [4.69, 9.17) is 21.1 Å². The summed E-state index contributed by atoms with van der Waals surface area (Å²) in [6, 6.07) is 14.7. The van der Waals surface area contributed by atoms with E-state index in [9.17, 15) is 0 Å². The van der Waals surface area contributed by atoms with Gasteiger partial charge < -0.3 is 9.47 Å². The Kier molecular flexibility index (Phi) is 3.36. The molecule has 124 valence electrons. The van der Waals surface area contributed by atoms with Gasteiger partial charge in [-0.3, -0.25) is 0 Å². The van der Waals surface area contributed by atoms with E-state index in [1.807, 2.05) is 30.3 Å². The Labute approximate surface area is 145 Å². The van der Waals surface area contributed by atoms with Gasteiger partial charge in [0, 0.05) is 16.1 Å². The summed E-state index contributed by atoms with van der Waals surface area (Å²) in [7, 11) is 0. The first-order valence-electron chi connectivity index (χ1n) is 7.85. The normalized spacial score (nSPS) is 27.2. The first kappa shape index (κ1) is 15.5. The zero-order valence-corrected chi connectivity index (χ0v) is 14.2. The first-order valence-corrected chi connectivity index (χ1v) is 8.22. The Morgan fingerprint density at radius 1 is 1.17 bits per heavy atom. The Morgan fingerprint density at radius 2 is 1.92 bits per heavy atom. The van der Waals surface area contributed by atoms with Crippen molar-refractivity contribution < 1.29 is 13.9 Å². The highest BCUT2D eigenvalue weighted by Gasteiger charge is 2.61. The summed E-state index contributed by atoms with van der Waals surface area (Å²) in [5.41, 5.74) is -1.40. The molecule has 0 radical (unpaired) electrons. The zero-order chi connectivity index (χ0) is 16.9. The third-order valence-electron chi connectivity index (χ3n) is 4.74. The van der Waals surface area contributed by atoms with Crippen molar-refractivity contribution in [3.63, 3.8) is 0 Å². The van der Waals surface area contributed by atoms with E-state index >= 15 is 4.39 Å². The van der Waals surface area contributed by atoms with Gasteiger partial charge in [-0.15, -0.1) is 0 Å². The lowest BCUT2D eigenvalue weighted by Crippen LogP contribution is -2.61. The maximum absolute atomic E-state index is 15.9. The van der Waals surface area contributed by atoms with Crippen LogP contribution in [0.15, 0.2) is 53.5 Å². The minimum Gasteiger partial charge on any atom is -0.484 e. The largest absolute Gasteiger partial charge is 0.484 e. The minimum atomic E-state index is -1.77. The van der Waals surface area contributed by atoms with Crippen molar-refractivity contribution in [2.45, 2.75) is 31.2 Å². The van der Waals surface area contributed by atoms with Crippen molar-refractivity contribution in [3.8, 4) is 5.75 Å². The molecule has 0 fully saturated rings. The smallest absolute Gasteiger partial charge is 0.216 e. The highest BCUT2D eigenvalue weighted by molar-refractivity contribution is 6.30. The van der Waals surface area contributed by atoms with Crippen molar-refractivity contribution in [2.24, 2.45) is 4.99 Å². The maximum Gasteiger partial charge on any atom is 0.216 e. The van der Waals surface area contributed by atoms with E-state index in [1.54, 1.807) is 32.0 Å². The van der Waals surface area contributed by atoms with Gasteiger partial charge in [0.1, 0.15) is 11.4 Å². The van der Waals surface area contributed by atoms with E-state index in [0.717, 1.165) is 5.56 Å². The second-order valence-corrected chi connectivity index (χ2v) is 7.08. The quantitative estimate of drug-likeness (QED) is 0.747. The van der Waals surface area contributed by atoms with Crippen LogP contribution in [-0.2, 0) is 4.74 Å². The summed E-state index contributed by atoms with van der Waals surface area (Å²) in [4.78, 5) is 4.35. The van der Waals surface area contributed by atoms with Crippen molar-refractivity contribution in [2.75, 3.05) is 6.54 Å². The number of hydrogen-bond donors (Lipinski definition) is 0. The van der Waals surface area contributed by atoms with Crippen molar-refractivity contribution in [1.29, 1.82) is 0 Å². The van der Waals surface area contributed by atoms with Gasteiger partial charge >= 0.3 is 0 Å². The number of halogens is 2. The molecule has 0 saturated heterocycles. The predicted molar refractivity (Wildman–Crippen MR) is 91.7 cm³/mol. The number of hydrogen-bond acceptors (Lipinski definition) is 3. The van der Waals surface area contributed by atoms with E-state index in [1.165, 1.54) is 0 Å². The van der Waals surface area contributed by atoms with Crippen LogP contribution in [0, 0.1) is 0 Å². The third-order valence-corrected chi connectivity index (χ3v) is 4.97.